The number of hydrogen-bond acceptors (Lipinski definition) is 4. The van der Waals surface area contributed by atoms with Gasteiger partial charge in [0.1, 0.15) is 5.76 Å². The van der Waals surface area contributed by atoms with E-state index in [2.05, 4.69) is 16.3 Å². The fraction of sp³-hybridized carbons (Fsp3) is 0.417. The van der Waals surface area contributed by atoms with Gasteiger partial charge in [-0.05, 0) is 26.0 Å². The van der Waals surface area contributed by atoms with Crippen LogP contribution in [0.3, 0.4) is 0 Å². The van der Waals surface area contributed by atoms with Gasteiger partial charge < -0.3 is 15.0 Å². The zero-order valence-electron chi connectivity index (χ0n) is 9.53. The highest BCUT2D eigenvalue weighted by Gasteiger charge is 2.32. The van der Waals surface area contributed by atoms with Crippen LogP contribution in [-0.2, 0) is 4.74 Å². The Bertz CT molecular complexity index is 414. The molecule has 0 aromatic heterocycles. The maximum atomic E-state index is 8.80. The van der Waals surface area contributed by atoms with Gasteiger partial charge in [0, 0.05) is 11.9 Å². The van der Waals surface area contributed by atoms with Crippen LogP contribution in [0.2, 0.25) is 0 Å². The molecule has 84 valence electrons. The van der Waals surface area contributed by atoms with E-state index >= 15 is 0 Å². The Kier molecular flexibility index (Phi) is 2.86. The Balaban J connectivity index is 2.21. The lowest BCUT2D eigenvalue weighted by Gasteiger charge is -2.29. The van der Waals surface area contributed by atoms with Crippen molar-refractivity contribution in [3.63, 3.8) is 0 Å². The molecule has 0 amide bonds. The molecule has 2 aliphatic heterocycles. The molecule has 0 fully saturated rings. The summed E-state index contributed by atoms with van der Waals surface area (Å²) in [5.74, 6) is 0.900. The summed E-state index contributed by atoms with van der Waals surface area (Å²) in [4.78, 5) is 2.06. The first-order valence-corrected chi connectivity index (χ1v) is 5.40. The van der Waals surface area contributed by atoms with Gasteiger partial charge in [0.05, 0.1) is 24.8 Å². The van der Waals surface area contributed by atoms with Crippen LogP contribution in [0.5, 0.6) is 0 Å². The van der Waals surface area contributed by atoms with E-state index in [1.807, 2.05) is 32.2 Å². The number of rotatable bonds is 3. The molecule has 1 N–H and O–H groups in total. The highest BCUT2D eigenvalue weighted by Crippen LogP contribution is 2.29. The van der Waals surface area contributed by atoms with E-state index in [0.29, 0.717) is 13.0 Å². The van der Waals surface area contributed by atoms with Gasteiger partial charge in [-0.1, -0.05) is 0 Å². The average molecular weight is 217 g/mol. The molecule has 2 aliphatic rings. The quantitative estimate of drug-likeness (QED) is 0.783. The van der Waals surface area contributed by atoms with E-state index < -0.39 is 0 Å². The zero-order valence-corrected chi connectivity index (χ0v) is 9.53. The van der Waals surface area contributed by atoms with Gasteiger partial charge in [-0.2, -0.15) is 5.26 Å². The minimum atomic E-state index is 0.0216. The standard InChI is InChI=1S/C12H15N3O/c1-3-16-11-5-4-8-15-10(6-7-13)9(2)14-12(11)15/h4-5,8,12,14H,3,6H2,1-2H3. The summed E-state index contributed by atoms with van der Waals surface area (Å²) in [6, 6.07) is 2.19. The second-order valence-electron chi connectivity index (χ2n) is 3.70. The van der Waals surface area contributed by atoms with Crippen LogP contribution in [0, 0.1) is 11.3 Å². The van der Waals surface area contributed by atoms with Crippen molar-refractivity contribution in [2.24, 2.45) is 0 Å². The molecular formula is C12H15N3O. The number of nitrogens with one attached hydrogen (secondary N) is 1. The predicted molar refractivity (Wildman–Crippen MR) is 60.5 cm³/mol. The fourth-order valence-corrected chi connectivity index (χ4v) is 2.01. The lowest BCUT2D eigenvalue weighted by molar-refractivity contribution is 0.167. The molecule has 4 heteroatoms. The van der Waals surface area contributed by atoms with Crippen molar-refractivity contribution >= 4 is 0 Å². The summed E-state index contributed by atoms with van der Waals surface area (Å²) in [5.41, 5.74) is 2.07. The van der Waals surface area contributed by atoms with E-state index in [4.69, 9.17) is 10.00 Å². The predicted octanol–water partition coefficient (Wildman–Crippen LogP) is 1.81. The van der Waals surface area contributed by atoms with Crippen LogP contribution >= 0.6 is 0 Å². The van der Waals surface area contributed by atoms with Gasteiger partial charge >= 0.3 is 0 Å². The first-order chi connectivity index (χ1) is 7.77. The number of nitrogens with zero attached hydrogens (tertiary/aromatic N) is 2. The van der Waals surface area contributed by atoms with Crippen LogP contribution in [0.1, 0.15) is 20.3 Å². The van der Waals surface area contributed by atoms with Crippen molar-refractivity contribution < 1.29 is 4.74 Å². The molecule has 0 radical (unpaired) electrons. The first kappa shape index (κ1) is 10.6. The van der Waals surface area contributed by atoms with Crippen LogP contribution in [0.15, 0.2) is 35.5 Å². The normalized spacial score (nSPS) is 22.4. The number of hydrogen-bond donors (Lipinski definition) is 1. The largest absolute Gasteiger partial charge is 0.494 e. The molecule has 2 heterocycles. The second-order valence-corrected chi connectivity index (χ2v) is 3.70. The van der Waals surface area contributed by atoms with Crippen molar-refractivity contribution in [2.45, 2.75) is 26.4 Å². The molecule has 0 aliphatic carbocycles. The fourth-order valence-electron chi connectivity index (χ4n) is 2.01. The summed E-state index contributed by atoms with van der Waals surface area (Å²) in [5, 5.41) is 12.1. The van der Waals surface area contributed by atoms with E-state index in [0.717, 1.165) is 17.2 Å². The average Bonchev–Trinajstić information content (AvgIpc) is 2.59. The Morgan fingerprint density at radius 3 is 3.12 bits per heavy atom. The second kappa shape index (κ2) is 4.31. The Morgan fingerprint density at radius 2 is 2.44 bits per heavy atom. The minimum Gasteiger partial charge on any atom is -0.494 e. The minimum absolute atomic E-state index is 0.0216. The third kappa shape index (κ3) is 1.65. The smallest absolute Gasteiger partial charge is 0.162 e. The maximum Gasteiger partial charge on any atom is 0.162 e. The molecule has 16 heavy (non-hydrogen) atoms. The maximum absolute atomic E-state index is 8.80. The topological polar surface area (TPSA) is 48.3 Å². The summed E-state index contributed by atoms with van der Waals surface area (Å²) in [7, 11) is 0. The third-order valence-corrected chi connectivity index (χ3v) is 2.71. The van der Waals surface area contributed by atoms with Gasteiger partial charge in [0.15, 0.2) is 6.17 Å². The molecule has 0 aromatic carbocycles. The van der Waals surface area contributed by atoms with Crippen molar-refractivity contribution in [3.8, 4) is 6.07 Å². The number of fused-ring (bicyclic) bond motifs is 1. The molecule has 0 saturated carbocycles. The zero-order chi connectivity index (χ0) is 11.5. The molecule has 0 spiro atoms. The molecule has 0 bridgehead atoms. The highest BCUT2D eigenvalue weighted by atomic mass is 16.5. The van der Waals surface area contributed by atoms with Crippen molar-refractivity contribution in [2.75, 3.05) is 6.61 Å². The summed E-state index contributed by atoms with van der Waals surface area (Å²) >= 11 is 0. The molecule has 0 saturated heterocycles. The van der Waals surface area contributed by atoms with Crippen molar-refractivity contribution in [3.05, 3.63) is 35.5 Å². The lowest BCUT2D eigenvalue weighted by atomic mass is 10.2. The van der Waals surface area contributed by atoms with E-state index in [-0.39, 0.29) is 6.17 Å². The van der Waals surface area contributed by atoms with Gasteiger partial charge in [-0.25, -0.2) is 0 Å². The molecule has 1 atom stereocenters. The number of ether oxygens (including phenoxy) is 1. The van der Waals surface area contributed by atoms with Crippen LogP contribution < -0.4 is 5.32 Å². The molecular weight excluding hydrogens is 202 g/mol. The van der Waals surface area contributed by atoms with Gasteiger partial charge in [-0.15, -0.1) is 0 Å². The summed E-state index contributed by atoms with van der Waals surface area (Å²) in [6.07, 6.45) is 6.32. The molecule has 4 nitrogen and oxygen atoms in total. The molecule has 0 aromatic rings. The van der Waals surface area contributed by atoms with Gasteiger partial charge in [0.2, 0.25) is 0 Å². The van der Waals surface area contributed by atoms with E-state index in [1.165, 1.54) is 0 Å². The number of allylic oxidation sites excluding steroid dienone is 4. The van der Waals surface area contributed by atoms with Crippen molar-refractivity contribution in [1.29, 1.82) is 5.26 Å². The van der Waals surface area contributed by atoms with Gasteiger partial charge in [-0.3, -0.25) is 0 Å². The monoisotopic (exact) mass is 217 g/mol. The summed E-state index contributed by atoms with van der Waals surface area (Å²) < 4.78 is 5.57. The Hall–Kier alpha value is -1.89. The molecule has 1 unspecified atom stereocenters. The third-order valence-electron chi connectivity index (χ3n) is 2.71. The van der Waals surface area contributed by atoms with Crippen LogP contribution in [-0.4, -0.2) is 17.7 Å². The van der Waals surface area contributed by atoms with E-state index in [1.54, 1.807) is 0 Å². The lowest BCUT2D eigenvalue weighted by Crippen LogP contribution is -2.38. The SMILES string of the molecule is CCOC1=CC=CN2C(CC#N)=C(C)NC12. The van der Waals surface area contributed by atoms with Crippen LogP contribution in [0.25, 0.3) is 0 Å². The Labute approximate surface area is 95.5 Å². The van der Waals surface area contributed by atoms with Crippen LogP contribution in [0.4, 0.5) is 0 Å². The van der Waals surface area contributed by atoms with Gasteiger partial charge in [0.25, 0.3) is 0 Å². The highest BCUT2D eigenvalue weighted by molar-refractivity contribution is 5.32. The summed E-state index contributed by atoms with van der Waals surface area (Å²) in [6.45, 7) is 4.61. The van der Waals surface area contributed by atoms with Crippen molar-refractivity contribution in [1.82, 2.24) is 10.2 Å². The Morgan fingerprint density at radius 1 is 1.62 bits per heavy atom. The number of nitriles is 1. The molecule has 2 rings (SSSR count). The van der Waals surface area contributed by atoms with E-state index in [9.17, 15) is 0 Å². The first-order valence-electron chi connectivity index (χ1n) is 5.40.